The maximum atomic E-state index is 12.6. The molecule has 0 radical (unpaired) electrons. The fourth-order valence-electron chi connectivity index (χ4n) is 4.17. The SMILES string of the molecule is CCC(=O)[C@H](Nc1nc2ccc(Oc3ccnc(C(=O)NC)c3)cc2o1)C1CCCCC1. The molecular weight excluding hydrogens is 408 g/mol. The van der Waals surface area contributed by atoms with Gasteiger partial charge in [0.1, 0.15) is 22.7 Å². The number of nitrogens with zero attached hydrogens (tertiary/aromatic N) is 2. The van der Waals surface area contributed by atoms with Crippen molar-refractivity contribution in [1.82, 2.24) is 15.3 Å². The van der Waals surface area contributed by atoms with E-state index in [0.717, 1.165) is 25.7 Å². The molecule has 1 aliphatic rings. The van der Waals surface area contributed by atoms with Crippen molar-refractivity contribution in [2.24, 2.45) is 5.92 Å². The molecule has 1 amide bonds. The van der Waals surface area contributed by atoms with Crippen molar-refractivity contribution < 1.29 is 18.7 Å². The summed E-state index contributed by atoms with van der Waals surface area (Å²) in [5.41, 5.74) is 1.50. The zero-order valence-corrected chi connectivity index (χ0v) is 18.4. The Bertz CT molecular complexity index is 1100. The summed E-state index contributed by atoms with van der Waals surface area (Å²) in [7, 11) is 1.55. The van der Waals surface area contributed by atoms with Crippen LogP contribution in [-0.4, -0.2) is 34.7 Å². The molecule has 0 bridgehead atoms. The normalized spacial score (nSPS) is 15.3. The fourth-order valence-corrected chi connectivity index (χ4v) is 4.17. The second-order valence-corrected chi connectivity index (χ2v) is 8.05. The lowest BCUT2D eigenvalue weighted by molar-refractivity contribution is -0.120. The van der Waals surface area contributed by atoms with E-state index in [1.54, 1.807) is 37.4 Å². The van der Waals surface area contributed by atoms with Crippen LogP contribution in [0.5, 0.6) is 11.5 Å². The molecule has 3 aromatic rings. The molecule has 2 aromatic heterocycles. The molecule has 1 saturated carbocycles. The van der Waals surface area contributed by atoms with Crippen LogP contribution in [0.2, 0.25) is 0 Å². The largest absolute Gasteiger partial charge is 0.457 e. The van der Waals surface area contributed by atoms with Gasteiger partial charge in [-0.1, -0.05) is 26.2 Å². The van der Waals surface area contributed by atoms with E-state index in [1.807, 2.05) is 6.92 Å². The highest BCUT2D eigenvalue weighted by Crippen LogP contribution is 2.31. The van der Waals surface area contributed by atoms with Crippen LogP contribution in [0.25, 0.3) is 11.1 Å². The highest BCUT2D eigenvalue weighted by Gasteiger charge is 2.29. The number of ketones is 1. The number of anilines is 1. The second kappa shape index (κ2) is 9.80. The topological polar surface area (TPSA) is 106 Å². The monoisotopic (exact) mass is 436 g/mol. The number of oxazole rings is 1. The summed E-state index contributed by atoms with van der Waals surface area (Å²) in [6.07, 6.45) is 7.64. The Morgan fingerprint density at radius 2 is 1.94 bits per heavy atom. The van der Waals surface area contributed by atoms with Gasteiger partial charge in [-0.3, -0.25) is 14.6 Å². The third-order valence-corrected chi connectivity index (χ3v) is 5.88. The van der Waals surface area contributed by atoms with E-state index in [1.165, 1.54) is 12.6 Å². The number of Topliss-reactive ketones (excluding diaryl/α,β-unsaturated/α-hetero) is 1. The molecule has 4 rings (SSSR count). The molecule has 0 spiro atoms. The zero-order chi connectivity index (χ0) is 22.5. The number of benzene rings is 1. The maximum Gasteiger partial charge on any atom is 0.296 e. The fraction of sp³-hybridized carbons (Fsp3) is 0.417. The number of rotatable bonds is 8. The minimum absolute atomic E-state index is 0.188. The molecule has 168 valence electrons. The number of pyridine rings is 1. The van der Waals surface area contributed by atoms with Gasteiger partial charge in [0.25, 0.3) is 11.9 Å². The predicted octanol–water partition coefficient (Wildman–Crippen LogP) is 4.71. The minimum Gasteiger partial charge on any atom is -0.457 e. The summed E-state index contributed by atoms with van der Waals surface area (Å²) in [5.74, 6) is 1.24. The quantitative estimate of drug-likeness (QED) is 0.526. The summed E-state index contributed by atoms with van der Waals surface area (Å²) < 4.78 is 11.8. The Kier molecular flexibility index (Phi) is 6.68. The van der Waals surface area contributed by atoms with Gasteiger partial charge in [0.2, 0.25) is 0 Å². The molecule has 2 N–H and O–H groups in total. The van der Waals surface area contributed by atoms with Crippen LogP contribution in [0.1, 0.15) is 55.9 Å². The highest BCUT2D eigenvalue weighted by molar-refractivity contribution is 5.92. The molecule has 0 aliphatic heterocycles. The van der Waals surface area contributed by atoms with E-state index < -0.39 is 0 Å². The minimum atomic E-state index is -0.286. The average Bonchev–Trinajstić information content (AvgIpc) is 3.24. The van der Waals surface area contributed by atoms with Gasteiger partial charge in [0.15, 0.2) is 11.4 Å². The van der Waals surface area contributed by atoms with Crippen LogP contribution in [0, 0.1) is 5.92 Å². The number of hydrogen-bond donors (Lipinski definition) is 2. The molecule has 2 heterocycles. The Morgan fingerprint density at radius 3 is 2.69 bits per heavy atom. The van der Waals surface area contributed by atoms with Gasteiger partial charge in [-0.25, -0.2) is 0 Å². The number of nitrogens with one attached hydrogen (secondary N) is 2. The molecule has 0 unspecified atom stereocenters. The van der Waals surface area contributed by atoms with Gasteiger partial charge in [0, 0.05) is 31.8 Å². The third kappa shape index (κ3) is 4.90. The molecule has 8 heteroatoms. The number of fused-ring (bicyclic) bond motifs is 1. The van der Waals surface area contributed by atoms with Crippen LogP contribution in [0.4, 0.5) is 6.01 Å². The van der Waals surface area contributed by atoms with E-state index in [4.69, 9.17) is 9.15 Å². The third-order valence-electron chi connectivity index (χ3n) is 5.88. The van der Waals surface area contributed by atoms with Crippen LogP contribution in [-0.2, 0) is 4.79 Å². The summed E-state index contributed by atoms with van der Waals surface area (Å²) in [4.78, 5) is 32.9. The molecular formula is C24H28N4O4. The summed E-state index contributed by atoms with van der Waals surface area (Å²) in [5, 5.41) is 5.80. The first-order valence-electron chi connectivity index (χ1n) is 11.1. The van der Waals surface area contributed by atoms with Gasteiger partial charge in [0.05, 0.1) is 6.04 Å². The number of hydrogen-bond acceptors (Lipinski definition) is 7. The van der Waals surface area contributed by atoms with Gasteiger partial charge >= 0.3 is 0 Å². The van der Waals surface area contributed by atoms with Crippen LogP contribution in [0.3, 0.4) is 0 Å². The maximum absolute atomic E-state index is 12.6. The van der Waals surface area contributed by atoms with Crippen molar-refractivity contribution in [1.29, 1.82) is 0 Å². The van der Waals surface area contributed by atoms with E-state index in [9.17, 15) is 9.59 Å². The van der Waals surface area contributed by atoms with E-state index in [2.05, 4.69) is 20.6 Å². The van der Waals surface area contributed by atoms with E-state index in [0.29, 0.717) is 41.0 Å². The van der Waals surface area contributed by atoms with Crippen molar-refractivity contribution in [2.45, 2.75) is 51.5 Å². The average molecular weight is 437 g/mol. The Balaban J connectivity index is 1.52. The molecule has 1 atom stereocenters. The van der Waals surface area contributed by atoms with E-state index in [-0.39, 0.29) is 23.4 Å². The highest BCUT2D eigenvalue weighted by atomic mass is 16.5. The van der Waals surface area contributed by atoms with Gasteiger partial charge in [-0.15, -0.1) is 0 Å². The van der Waals surface area contributed by atoms with Gasteiger partial charge in [-0.05, 0) is 37.0 Å². The van der Waals surface area contributed by atoms with Crippen molar-refractivity contribution in [3.63, 3.8) is 0 Å². The molecule has 1 aromatic carbocycles. The Hall–Kier alpha value is -3.42. The number of amides is 1. The van der Waals surface area contributed by atoms with Crippen LogP contribution < -0.4 is 15.4 Å². The van der Waals surface area contributed by atoms with Crippen molar-refractivity contribution >= 4 is 28.8 Å². The number of carbonyl (C=O) groups is 2. The van der Waals surface area contributed by atoms with E-state index >= 15 is 0 Å². The Morgan fingerprint density at radius 1 is 1.16 bits per heavy atom. The molecule has 8 nitrogen and oxygen atoms in total. The number of ether oxygens (including phenoxy) is 1. The first kappa shape index (κ1) is 21.8. The zero-order valence-electron chi connectivity index (χ0n) is 18.4. The molecule has 0 saturated heterocycles. The lowest BCUT2D eigenvalue weighted by Gasteiger charge is -2.29. The van der Waals surface area contributed by atoms with Crippen molar-refractivity contribution in [3.05, 3.63) is 42.2 Å². The van der Waals surface area contributed by atoms with Crippen molar-refractivity contribution in [2.75, 3.05) is 12.4 Å². The molecule has 32 heavy (non-hydrogen) atoms. The summed E-state index contributed by atoms with van der Waals surface area (Å²) >= 11 is 0. The Labute approximate surface area is 186 Å². The van der Waals surface area contributed by atoms with Gasteiger partial charge < -0.3 is 19.8 Å². The standard InChI is InChI=1S/C24H28N4O4/c1-3-20(29)22(15-7-5-4-6-8-15)28-24-27-18-10-9-16(14-21(18)32-24)31-17-11-12-26-19(13-17)23(30)25-2/h9-15,22H,3-8H2,1-2H3,(H,25,30)(H,27,28)/t22-/m1/s1. The second-order valence-electron chi connectivity index (χ2n) is 8.05. The lowest BCUT2D eigenvalue weighted by Crippen LogP contribution is -2.37. The predicted molar refractivity (Wildman–Crippen MR) is 121 cm³/mol. The van der Waals surface area contributed by atoms with Gasteiger partial charge in [-0.2, -0.15) is 4.98 Å². The number of aromatic nitrogens is 2. The van der Waals surface area contributed by atoms with Crippen molar-refractivity contribution in [3.8, 4) is 11.5 Å². The summed E-state index contributed by atoms with van der Waals surface area (Å²) in [6, 6.07) is 8.65. The molecule has 1 fully saturated rings. The first-order chi connectivity index (χ1) is 15.6. The smallest absolute Gasteiger partial charge is 0.296 e. The number of carbonyl (C=O) groups excluding carboxylic acids is 2. The first-order valence-corrected chi connectivity index (χ1v) is 11.1. The summed E-state index contributed by atoms with van der Waals surface area (Å²) in [6.45, 7) is 1.89. The molecule has 1 aliphatic carbocycles. The lowest BCUT2D eigenvalue weighted by atomic mass is 9.82. The van der Waals surface area contributed by atoms with Crippen LogP contribution >= 0.6 is 0 Å². The van der Waals surface area contributed by atoms with Crippen LogP contribution in [0.15, 0.2) is 40.9 Å².